The highest BCUT2D eigenvalue weighted by Gasteiger charge is 2.17. The van der Waals surface area contributed by atoms with Crippen molar-refractivity contribution in [3.8, 4) is 0 Å². The van der Waals surface area contributed by atoms with Crippen molar-refractivity contribution < 1.29 is 26.0 Å². The molecule has 1 amide bonds. The lowest BCUT2D eigenvalue weighted by Crippen LogP contribution is -2.45. The maximum absolute atomic E-state index is 12.8. The summed E-state index contributed by atoms with van der Waals surface area (Å²) in [5.41, 5.74) is 0. The summed E-state index contributed by atoms with van der Waals surface area (Å²) < 4.78 is 64.2. The molecule has 40 heavy (non-hydrogen) atoms. The Labute approximate surface area is 261 Å². The van der Waals surface area contributed by atoms with Gasteiger partial charge in [-0.3, -0.25) is 4.79 Å². The zero-order valence-electron chi connectivity index (χ0n) is 34.3. The Balaban J connectivity index is 4.57. The number of hydrogen-bond donors (Lipinski definition) is 3. The average Bonchev–Trinajstić information content (AvgIpc) is 3.04. The molecule has 0 rings (SSSR count). The van der Waals surface area contributed by atoms with Crippen LogP contribution in [-0.4, -0.2) is 34.8 Å². The van der Waals surface area contributed by atoms with E-state index in [0.29, 0.717) is 26.2 Å². The first kappa shape index (κ1) is 26.7. The Morgan fingerprint density at radius 1 is 0.750 bits per heavy atom. The van der Waals surface area contributed by atoms with Crippen LogP contribution in [0.4, 0.5) is 0 Å². The smallest absolute Gasteiger partial charge is 0.220 e. The van der Waals surface area contributed by atoms with Crippen molar-refractivity contribution in [2.75, 3.05) is 6.56 Å². The number of nitrogens with one attached hydrogen (secondary N) is 1. The Kier molecular flexibility index (Phi) is 21.8. The summed E-state index contributed by atoms with van der Waals surface area (Å²) in [6.45, 7) is -0.977. The van der Waals surface area contributed by atoms with Crippen LogP contribution in [0.2, 0.25) is 1.41 Å². The molecule has 0 aromatic rings. The van der Waals surface area contributed by atoms with E-state index in [1.807, 2.05) is 0 Å². The van der Waals surface area contributed by atoms with Crippen LogP contribution in [0.3, 0.4) is 0 Å². The van der Waals surface area contributed by atoms with Gasteiger partial charge in [-0.1, -0.05) is 180 Å². The van der Waals surface area contributed by atoms with E-state index in [4.69, 9.17) is 11.0 Å². The molecule has 0 aromatic heterocycles. The van der Waals surface area contributed by atoms with Crippen LogP contribution >= 0.6 is 0 Å². The SMILES string of the molecule is [2H]CCCCCCCCCCCCCCCCCC(=O)N([2H])[C@@]([2H])(C([2H])([2H])O)[C@]([2H])(O)/C([2H])=C(\[2H])CCCCCCCCCCCCC. The first-order chi connectivity index (χ1) is 22.8. The monoisotopic (exact) mass is 574 g/mol. The lowest BCUT2D eigenvalue weighted by molar-refractivity contribution is -0.123. The van der Waals surface area contributed by atoms with Gasteiger partial charge in [-0.25, -0.2) is 0 Å². The molecule has 238 valence electrons. The molecular formula is C36H71NO3. The zero-order valence-corrected chi connectivity index (χ0v) is 26.3. The number of unbranched alkanes of at least 4 members (excludes halogenated alkanes) is 24. The van der Waals surface area contributed by atoms with Gasteiger partial charge in [0.2, 0.25) is 5.91 Å². The number of aliphatic hydroxyl groups is 2. The third-order valence-electron chi connectivity index (χ3n) is 7.57. The molecule has 0 saturated heterocycles. The lowest BCUT2D eigenvalue weighted by atomic mass is 10.0. The number of rotatable bonds is 32. The van der Waals surface area contributed by atoms with Gasteiger partial charge in [0.15, 0.2) is 1.41 Å². The molecule has 0 aliphatic carbocycles. The highest BCUT2D eigenvalue weighted by Crippen LogP contribution is 2.14. The van der Waals surface area contributed by atoms with E-state index in [1.165, 1.54) is 89.9 Å². The molecule has 4 nitrogen and oxygen atoms in total. The van der Waals surface area contributed by atoms with E-state index in [0.717, 1.165) is 57.8 Å². The van der Waals surface area contributed by atoms with Crippen LogP contribution in [0.5, 0.6) is 0 Å². The third kappa shape index (κ3) is 28.7. The van der Waals surface area contributed by atoms with E-state index in [2.05, 4.69) is 6.92 Å². The average molecular weight is 574 g/mol. The predicted molar refractivity (Wildman–Crippen MR) is 175 cm³/mol. The van der Waals surface area contributed by atoms with Gasteiger partial charge in [0.1, 0.15) is 0 Å². The summed E-state index contributed by atoms with van der Waals surface area (Å²) in [5, 5.41) is 20.9. The normalized spacial score (nSPS) is 18.5. The van der Waals surface area contributed by atoms with Gasteiger partial charge in [0.25, 0.3) is 0 Å². The van der Waals surface area contributed by atoms with E-state index < -0.39 is 36.7 Å². The number of carbonyl (C=O) groups excluding carboxylic acids is 1. The fourth-order valence-electron chi connectivity index (χ4n) is 4.97. The van der Waals surface area contributed by atoms with Gasteiger partial charge in [-0.05, 0) is 19.3 Å². The quantitative estimate of drug-likeness (QED) is 0.0554. The third-order valence-corrected chi connectivity index (χ3v) is 7.57. The summed E-state index contributed by atoms with van der Waals surface area (Å²) in [6.07, 6.45) is 24.5. The molecule has 0 bridgehead atoms. The first-order valence-electron chi connectivity index (χ1n) is 21.2. The Morgan fingerprint density at radius 2 is 1.15 bits per heavy atom. The maximum Gasteiger partial charge on any atom is 0.220 e. The highest BCUT2D eigenvalue weighted by molar-refractivity contribution is 5.76. The fraction of sp³-hybridized carbons (Fsp3) is 0.917. The molecular weight excluding hydrogens is 494 g/mol. The fourth-order valence-corrected chi connectivity index (χ4v) is 4.97. The molecule has 4 heteroatoms. The maximum atomic E-state index is 12.8. The predicted octanol–water partition coefficient (Wildman–Crippen LogP) is 10.3. The van der Waals surface area contributed by atoms with Gasteiger partial charge >= 0.3 is 0 Å². The van der Waals surface area contributed by atoms with Gasteiger partial charge in [-0.15, -0.1) is 0 Å². The molecule has 0 unspecified atom stereocenters. The first-order valence-corrected chi connectivity index (χ1v) is 17.0. The number of hydrogen-bond acceptors (Lipinski definition) is 3. The molecule has 0 heterocycles. The van der Waals surface area contributed by atoms with E-state index in [-0.39, 0.29) is 18.2 Å². The van der Waals surface area contributed by atoms with E-state index in [1.54, 1.807) is 0 Å². The van der Waals surface area contributed by atoms with Crippen LogP contribution in [0.1, 0.15) is 203 Å². The van der Waals surface area contributed by atoms with Crippen molar-refractivity contribution in [3.05, 3.63) is 12.1 Å². The van der Waals surface area contributed by atoms with Gasteiger partial charge < -0.3 is 15.5 Å². The number of allylic oxidation sites excluding steroid dienone is 1. The van der Waals surface area contributed by atoms with E-state index >= 15 is 0 Å². The molecule has 0 aliphatic rings. The summed E-state index contributed by atoms with van der Waals surface area (Å²) in [6, 6.07) is -5.14. The second-order valence-electron chi connectivity index (χ2n) is 11.5. The largest absolute Gasteiger partial charge is 0.394 e. The molecule has 0 aromatic carbocycles. The Morgan fingerprint density at radius 3 is 1.57 bits per heavy atom. The van der Waals surface area contributed by atoms with Crippen molar-refractivity contribution in [1.29, 1.82) is 0 Å². The topological polar surface area (TPSA) is 69.6 Å². The zero-order chi connectivity index (χ0) is 36.3. The molecule has 0 radical (unpaired) electrons. The standard InChI is InChI=1S/C36H71NO3/c1-3-5-7-9-11-13-15-17-18-20-22-24-26-28-30-32-36(40)37-34(33-38)35(39)31-29-27-25-23-21-19-16-14-12-10-8-6-4-2/h29,31,34-35,38-39H,3-28,30,32-33H2,1-2H3,(H,37,40)/b31-29+/t34-,35+/m0/s1/i1D,29D,31D,33D2,34D,35D/hD. The highest BCUT2D eigenvalue weighted by atomic mass is 16.3. The minimum absolute atomic E-state index is 0.0296. The van der Waals surface area contributed by atoms with Crippen LogP contribution in [0.25, 0.3) is 0 Å². The van der Waals surface area contributed by atoms with Crippen molar-refractivity contribution in [1.82, 2.24) is 5.31 Å². The van der Waals surface area contributed by atoms with Crippen LogP contribution in [-0.2, 0) is 4.79 Å². The molecule has 0 spiro atoms. The molecule has 0 fully saturated rings. The Bertz CT molecular complexity index is 841. The van der Waals surface area contributed by atoms with Crippen LogP contribution in [0, 0.1) is 0 Å². The van der Waals surface area contributed by atoms with Gasteiger partial charge in [0, 0.05) is 7.79 Å². The lowest BCUT2D eigenvalue weighted by Gasteiger charge is -2.20. The second kappa shape index (κ2) is 32.6. The summed E-state index contributed by atoms with van der Waals surface area (Å²) in [7, 11) is 0. The minimum atomic E-state index is -3.72. The van der Waals surface area contributed by atoms with Crippen LogP contribution < -0.4 is 5.31 Å². The van der Waals surface area contributed by atoms with Crippen molar-refractivity contribution in [3.63, 3.8) is 0 Å². The molecule has 2 atom stereocenters. The summed E-state index contributed by atoms with van der Waals surface area (Å²) in [4.78, 5) is 12.8. The summed E-state index contributed by atoms with van der Waals surface area (Å²) in [5.74, 6) is -1.03. The van der Waals surface area contributed by atoms with Crippen molar-refractivity contribution >= 4 is 5.91 Å². The second-order valence-corrected chi connectivity index (χ2v) is 11.5. The van der Waals surface area contributed by atoms with Crippen LogP contribution in [0.15, 0.2) is 12.1 Å². The molecule has 0 aliphatic heterocycles. The van der Waals surface area contributed by atoms with Gasteiger partial charge in [-0.2, -0.15) is 0 Å². The minimum Gasteiger partial charge on any atom is -0.394 e. The van der Waals surface area contributed by atoms with E-state index in [9.17, 15) is 15.0 Å². The molecule has 3 N–H and O–H groups in total. The van der Waals surface area contributed by atoms with Gasteiger partial charge in [0.05, 0.1) is 26.9 Å². The van der Waals surface area contributed by atoms with Crippen molar-refractivity contribution in [2.45, 2.75) is 206 Å². The van der Waals surface area contributed by atoms with Crippen molar-refractivity contribution in [2.24, 2.45) is 0 Å². The number of amides is 1. The summed E-state index contributed by atoms with van der Waals surface area (Å²) >= 11 is 0. The molecule has 0 saturated carbocycles. The number of carbonyl (C=O) groups is 1. The Hall–Kier alpha value is -0.870.